The SMILES string of the molecule is CCOCCOc1ccc(C2CC(=O)NC(c3cc(CNC(=O)C(C)C)ccc3Cl)N2)cn1. The molecule has 2 heterocycles. The van der Waals surface area contributed by atoms with E-state index in [-0.39, 0.29) is 30.2 Å². The zero-order valence-corrected chi connectivity index (χ0v) is 19.9. The molecule has 0 spiro atoms. The van der Waals surface area contributed by atoms with Gasteiger partial charge in [0.25, 0.3) is 0 Å². The topological polar surface area (TPSA) is 102 Å². The quantitative estimate of drug-likeness (QED) is 0.457. The number of aromatic nitrogens is 1. The third-order valence-electron chi connectivity index (χ3n) is 5.27. The summed E-state index contributed by atoms with van der Waals surface area (Å²) in [5.41, 5.74) is 2.52. The second-order valence-electron chi connectivity index (χ2n) is 8.13. The van der Waals surface area contributed by atoms with Gasteiger partial charge in [-0.3, -0.25) is 14.9 Å². The van der Waals surface area contributed by atoms with Crippen LogP contribution in [-0.4, -0.2) is 36.6 Å². The summed E-state index contributed by atoms with van der Waals surface area (Å²) in [4.78, 5) is 28.7. The Bertz CT molecular complexity index is 952. The van der Waals surface area contributed by atoms with Crippen LogP contribution in [0.1, 0.15) is 56.1 Å². The molecular formula is C24H31ClN4O4. The fraction of sp³-hybridized carbons (Fsp3) is 0.458. The van der Waals surface area contributed by atoms with Gasteiger partial charge in [0.1, 0.15) is 12.8 Å². The summed E-state index contributed by atoms with van der Waals surface area (Å²) in [5, 5.41) is 9.83. The first kappa shape index (κ1) is 25.0. The maximum atomic E-state index is 12.5. The zero-order chi connectivity index (χ0) is 23.8. The molecule has 2 atom stereocenters. The Labute approximate surface area is 199 Å². The number of rotatable bonds is 10. The molecule has 8 nitrogen and oxygen atoms in total. The molecule has 1 saturated heterocycles. The van der Waals surface area contributed by atoms with Crippen LogP contribution < -0.4 is 20.7 Å². The molecule has 1 aliphatic rings. The van der Waals surface area contributed by atoms with Gasteiger partial charge in [0.15, 0.2) is 0 Å². The number of nitrogens with one attached hydrogen (secondary N) is 3. The molecule has 1 aromatic carbocycles. The highest BCUT2D eigenvalue weighted by Crippen LogP contribution is 2.30. The largest absolute Gasteiger partial charge is 0.475 e. The number of benzene rings is 1. The highest BCUT2D eigenvalue weighted by atomic mass is 35.5. The smallest absolute Gasteiger partial charge is 0.223 e. The summed E-state index contributed by atoms with van der Waals surface area (Å²) in [6.07, 6.45) is 1.53. The van der Waals surface area contributed by atoms with Gasteiger partial charge in [-0.2, -0.15) is 0 Å². The van der Waals surface area contributed by atoms with E-state index in [0.717, 1.165) is 16.7 Å². The van der Waals surface area contributed by atoms with E-state index in [1.54, 1.807) is 18.3 Å². The minimum atomic E-state index is -0.466. The number of hydrogen-bond acceptors (Lipinski definition) is 6. The minimum absolute atomic E-state index is 0.0199. The van der Waals surface area contributed by atoms with Crippen molar-refractivity contribution in [1.29, 1.82) is 0 Å². The van der Waals surface area contributed by atoms with E-state index >= 15 is 0 Å². The van der Waals surface area contributed by atoms with Crippen molar-refractivity contribution in [2.24, 2.45) is 5.92 Å². The number of pyridine rings is 1. The van der Waals surface area contributed by atoms with Gasteiger partial charge in [0.05, 0.1) is 6.61 Å². The molecule has 2 amide bonds. The van der Waals surface area contributed by atoms with Gasteiger partial charge in [0, 0.05) is 54.4 Å². The van der Waals surface area contributed by atoms with E-state index in [2.05, 4.69) is 20.9 Å². The van der Waals surface area contributed by atoms with Crippen LogP contribution >= 0.6 is 11.6 Å². The molecule has 1 aliphatic heterocycles. The molecule has 0 radical (unpaired) electrons. The molecule has 178 valence electrons. The third-order valence-corrected chi connectivity index (χ3v) is 5.61. The fourth-order valence-electron chi connectivity index (χ4n) is 3.44. The van der Waals surface area contributed by atoms with Crippen molar-refractivity contribution in [2.75, 3.05) is 19.8 Å². The normalized spacial score (nSPS) is 18.2. The molecule has 9 heteroatoms. The van der Waals surface area contributed by atoms with Gasteiger partial charge in [-0.05, 0) is 30.2 Å². The van der Waals surface area contributed by atoms with E-state index in [4.69, 9.17) is 21.1 Å². The molecule has 3 N–H and O–H groups in total. The van der Waals surface area contributed by atoms with E-state index in [9.17, 15) is 9.59 Å². The van der Waals surface area contributed by atoms with Gasteiger partial charge < -0.3 is 20.1 Å². The van der Waals surface area contributed by atoms with E-state index < -0.39 is 6.17 Å². The predicted molar refractivity (Wildman–Crippen MR) is 126 cm³/mol. The molecule has 0 bridgehead atoms. The fourth-order valence-corrected chi connectivity index (χ4v) is 3.67. The molecule has 3 rings (SSSR count). The third kappa shape index (κ3) is 7.15. The summed E-state index contributed by atoms with van der Waals surface area (Å²) < 4.78 is 10.8. The maximum absolute atomic E-state index is 12.5. The zero-order valence-electron chi connectivity index (χ0n) is 19.2. The molecule has 1 fully saturated rings. The lowest BCUT2D eigenvalue weighted by Crippen LogP contribution is -2.46. The highest BCUT2D eigenvalue weighted by Gasteiger charge is 2.29. The first-order chi connectivity index (χ1) is 15.9. The highest BCUT2D eigenvalue weighted by molar-refractivity contribution is 6.31. The lowest BCUT2D eigenvalue weighted by molar-refractivity contribution is -0.125. The lowest BCUT2D eigenvalue weighted by Gasteiger charge is -2.32. The van der Waals surface area contributed by atoms with Gasteiger partial charge in [-0.15, -0.1) is 0 Å². The van der Waals surface area contributed by atoms with Crippen LogP contribution in [-0.2, 0) is 20.9 Å². The Hall–Kier alpha value is -2.68. The van der Waals surface area contributed by atoms with Crippen molar-refractivity contribution in [3.63, 3.8) is 0 Å². The van der Waals surface area contributed by atoms with E-state index in [1.807, 2.05) is 39.0 Å². The average Bonchev–Trinajstić information content (AvgIpc) is 2.81. The Kier molecular flexibility index (Phi) is 9.05. The average molecular weight is 475 g/mol. The van der Waals surface area contributed by atoms with Crippen LogP contribution in [0.25, 0.3) is 0 Å². The number of hydrogen-bond donors (Lipinski definition) is 3. The van der Waals surface area contributed by atoms with Crippen LogP contribution in [0.4, 0.5) is 0 Å². The van der Waals surface area contributed by atoms with Crippen LogP contribution in [0.2, 0.25) is 5.02 Å². The van der Waals surface area contributed by atoms with Crippen LogP contribution in [0, 0.1) is 5.92 Å². The Morgan fingerprint density at radius 1 is 1.27 bits per heavy atom. The summed E-state index contributed by atoms with van der Waals surface area (Å²) in [6, 6.07) is 9.00. The van der Waals surface area contributed by atoms with Crippen molar-refractivity contribution in [3.05, 3.63) is 58.2 Å². The van der Waals surface area contributed by atoms with Gasteiger partial charge in [0.2, 0.25) is 17.7 Å². The van der Waals surface area contributed by atoms with Crippen LogP contribution in [0.3, 0.4) is 0 Å². The van der Waals surface area contributed by atoms with Gasteiger partial charge >= 0.3 is 0 Å². The van der Waals surface area contributed by atoms with Crippen LogP contribution in [0.5, 0.6) is 5.88 Å². The predicted octanol–water partition coefficient (Wildman–Crippen LogP) is 3.27. The monoisotopic (exact) mass is 474 g/mol. The molecule has 1 aromatic heterocycles. The Balaban J connectivity index is 1.68. The standard InChI is InChI=1S/C24H31ClN4O4/c1-4-32-9-10-33-22-8-6-17(14-26-22)20-12-21(30)29-23(28-20)18-11-16(5-7-19(18)25)13-27-24(31)15(2)3/h5-8,11,14-15,20,23,28H,4,9-10,12-13H2,1-3H3,(H,27,31)(H,29,30). The van der Waals surface area contributed by atoms with Crippen molar-refractivity contribution < 1.29 is 19.1 Å². The Morgan fingerprint density at radius 3 is 2.79 bits per heavy atom. The Morgan fingerprint density at radius 2 is 2.09 bits per heavy atom. The van der Waals surface area contributed by atoms with Gasteiger partial charge in [-0.25, -0.2) is 4.98 Å². The van der Waals surface area contributed by atoms with Gasteiger partial charge in [-0.1, -0.05) is 37.6 Å². The first-order valence-corrected chi connectivity index (χ1v) is 11.5. The first-order valence-electron chi connectivity index (χ1n) is 11.1. The second kappa shape index (κ2) is 12.0. The number of amides is 2. The molecule has 33 heavy (non-hydrogen) atoms. The molecule has 2 unspecified atom stereocenters. The molecule has 2 aromatic rings. The molecule has 0 aliphatic carbocycles. The van der Waals surface area contributed by atoms with E-state index in [1.165, 1.54) is 0 Å². The number of nitrogens with zero attached hydrogens (tertiary/aromatic N) is 1. The number of ether oxygens (including phenoxy) is 2. The van der Waals surface area contributed by atoms with E-state index in [0.29, 0.717) is 37.3 Å². The summed E-state index contributed by atoms with van der Waals surface area (Å²) in [7, 11) is 0. The van der Waals surface area contributed by atoms with Crippen LogP contribution in [0.15, 0.2) is 36.5 Å². The maximum Gasteiger partial charge on any atom is 0.223 e. The van der Waals surface area contributed by atoms with Crippen molar-refractivity contribution >= 4 is 23.4 Å². The van der Waals surface area contributed by atoms with Crippen molar-refractivity contribution in [1.82, 2.24) is 20.9 Å². The second-order valence-corrected chi connectivity index (χ2v) is 8.53. The molecular weight excluding hydrogens is 444 g/mol. The minimum Gasteiger partial charge on any atom is -0.475 e. The summed E-state index contributed by atoms with van der Waals surface area (Å²) >= 11 is 6.46. The molecule has 0 saturated carbocycles. The summed E-state index contributed by atoms with van der Waals surface area (Å²) in [6.45, 7) is 7.59. The van der Waals surface area contributed by atoms with Crippen molar-refractivity contribution in [3.8, 4) is 5.88 Å². The number of carbonyl (C=O) groups is 2. The summed E-state index contributed by atoms with van der Waals surface area (Å²) in [5.74, 6) is 0.310. The number of carbonyl (C=O) groups excluding carboxylic acids is 2. The number of halogens is 1. The lowest BCUT2D eigenvalue weighted by atomic mass is 9.99. The van der Waals surface area contributed by atoms with Crippen molar-refractivity contribution in [2.45, 2.75) is 45.9 Å².